The fourth-order valence-corrected chi connectivity index (χ4v) is 1.84. The lowest BCUT2D eigenvalue weighted by atomic mass is 10.2. The molecule has 0 unspecified atom stereocenters. The molecule has 0 atom stereocenters. The molecule has 0 aromatic heterocycles. The van der Waals surface area contributed by atoms with Crippen molar-refractivity contribution in [2.75, 3.05) is 33.2 Å². The standard InChI is InChI=1S/C15H20N2O7/c1-22-11-6-9(7-12(23-2)14(11)24-3)17-15(21)16-8-10(18)4-5-13(19)20/h6-7H,4-5,8H2,1-3H3,(H,19,20)(H2,16,17,21). The summed E-state index contributed by atoms with van der Waals surface area (Å²) >= 11 is 0. The summed E-state index contributed by atoms with van der Waals surface area (Å²) in [5.74, 6) is -0.327. The molecular weight excluding hydrogens is 320 g/mol. The molecular formula is C15H20N2O7. The number of amides is 2. The topological polar surface area (TPSA) is 123 Å². The van der Waals surface area contributed by atoms with Crippen molar-refractivity contribution in [1.29, 1.82) is 0 Å². The summed E-state index contributed by atoms with van der Waals surface area (Å²) in [6, 6.07) is 2.45. The molecule has 24 heavy (non-hydrogen) atoms. The van der Waals surface area contributed by atoms with E-state index in [1.165, 1.54) is 33.5 Å². The number of benzene rings is 1. The minimum absolute atomic E-state index is 0.139. The molecule has 0 spiro atoms. The number of carbonyl (C=O) groups excluding carboxylic acids is 2. The van der Waals surface area contributed by atoms with E-state index in [1.54, 1.807) is 0 Å². The van der Waals surface area contributed by atoms with Crippen LogP contribution < -0.4 is 24.8 Å². The van der Waals surface area contributed by atoms with Gasteiger partial charge in [0, 0.05) is 18.6 Å². The predicted molar refractivity (Wildman–Crippen MR) is 85.0 cm³/mol. The number of rotatable bonds is 9. The molecule has 2 amide bonds. The molecule has 0 fully saturated rings. The zero-order chi connectivity index (χ0) is 18.1. The maximum absolute atomic E-state index is 11.8. The van der Waals surface area contributed by atoms with E-state index in [0.717, 1.165) is 0 Å². The number of carboxylic acids is 1. The second-order valence-electron chi connectivity index (χ2n) is 4.65. The van der Waals surface area contributed by atoms with Gasteiger partial charge in [0.25, 0.3) is 0 Å². The van der Waals surface area contributed by atoms with Crippen LogP contribution in [0.5, 0.6) is 17.2 Å². The summed E-state index contributed by atoms with van der Waals surface area (Å²) in [7, 11) is 4.35. The molecule has 0 aliphatic heterocycles. The van der Waals surface area contributed by atoms with Gasteiger partial charge in [-0.1, -0.05) is 0 Å². The van der Waals surface area contributed by atoms with Crippen LogP contribution in [0, 0.1) is 0 Å². The molecule has 0 aliphatic carbocycles. The first-order valence-corrected chi connectivity index (χ1v) is 6.99. The molecule has 0 bridgehead atoms. The lowest BCUT2D eigenvalue weighted by Crippen LogP contribution is -2.33. The number of hydrogen-bond donors (Lipinski definition) is 3. The number of methoxy groups -OCH3 is 3. The smallest absolute Gasteiger partial charge is 0.319 e. The van der Waals surface area contributed by atoms with Crippen LogP contribution in [0.25, 0.3) is 0 Å². The van der Waals surface area contributed by atoms with E-state index in [1.807, 2.05) is 0 Å². The number of ether oxygens (including phenoxy) is 3. The molecule has 1 aromatic carbocycles. The first-order chi connectivity index (χ1) is 11.4. The number of aliphatic carboxylic acids is 1. The third kappa shape index (κ3) is 5.67. The van der Waals surface area contributed by atoms with Crippen LogP contribution in [0.1, 0.15) is 12.8 Å². The van der Waals surface area contributed by atoms with Crippen LogP contribution in [-0.4, -0.2) is 50.8 Å². The van der Waals surface area contributed by atoms with Gasteiger partial charge in [0.1, 0.15) is 0 Å². The Bertz CT molecular complexity index is 591. The average molecular weight is 340 g/mol. The Morgan fingerprint density at radius 3 is 2.04 bits per heavy atom. The molecule has 0 heterocycles. The second-order valence-corrected chi connectivity index (χ2v) is 4.65. The maximum atomic E-state index is 11.8. The Balaban J connectivity index is 2.67. The number of Topliss-reactive ketones (excluding diaryl/α,β-unsaturated/α-hetero) is 1. The zero-order valence-corrected chi connectivity index (χ0v) is 13.7. The summed E-state index contributed by atoms with van der Waals surface area (Å²) < 4.78 is 15.5. The molecule has 3 N–H and O–H groups in total. The first kappa shape index (κ1) is 19.1. The summed E-state index contributed by atoms with van der Waals surface area (Å²) in [6.07, 6.45) is -0.408. The van der Waals surface area contributed by atoms with Crippen molar-refractivity contribution in [3.63, 3.8) is 0 Å². The van der Waals surface area contributed by atoms with Crippen molar-refractivity contribution in [2.24, 2.45) is 0 Å². The molecule has 132 valence electrons. The minimum atomic E-state index is -1.06. The molecule has 9 nitrogen and oxygen atoms in total. The number of nitrogens with one attached hydrogen (secondary N) is 2. The molecule has 0 radical (unpaired) electrons. The lowest BCUT2D eigenvalue weighted by molar-refractivity contribution is -0.138. The quantitative estimate of drug-likeness (QED) is 0.618. The van der Waals surface area contributed by atoms with E-state index in [9.17, 15) is 14.4 Å². The third-order valence-electron chi connectivity index (χ3n) is 2.99. The number of anilines is 1. The summed E-state index contributed by atoms with van der Waals surface area (Å²) in [4.78, 5) is 33.6. The van der Waals surface area contributed by atoms with Gasteiger partial charge in [-0.3, -0.25) is 9.59 Å². The van der Waals surface area contributed by atoms with Crippen molar-refractivity contribution >= 4 is 23.5 Å². The van der Waals surface area contributed by atoms with E-state index >= 15 is 0 Å². The van der Waals surface area contributed by atoms with E-state index in [0.29, 0.717) is 22.9 Å². The summed E-state index contributed by atoms with van der Waals surface area (Å²) in [5.41, 5.74) is 0.375. The molecule has 1 rings (SSSR count). The normalized spacial score (nSPS) is 9.79. The van der Waals surface area contributed by atoms with Gasteiger partial charge in [0.05, 0.1) is 40.0 Å². The fraction of sp³-hybridized carbons (Fsp3) is 0.400. The highest BCUT2D eigenvalue weighted by Crippen LogP contribution is 2.39. The van der Waals surface area contributed by atoms with Gasteiger partial charge in [-0.2, -0.15) is 0 Å². The summed E-state index contributed by atoms with van der Waals surface area (Å²) in [5, 5.41) is 13.4. The number of carbonyl (C=O) groups is 3. The lowest BCUT2D eigenvalue weighted by Gasteiger charge is -2.14. The number of hydrogen-bond acceptors (Lipinski definition) is 6. The molecule has 1 aromatic rings. The van der Waals surface area contributed by atoms with Gasteiger partial charge < -0.3 is 30.0 Å². The zero-order valence-electron chi connectivity index (χ0n) is 13.7. The van der Waals surface area contributed by atoms with E-state index in [-0.39, 0.29) is 25.2 Å². The van der Waals surface area contributed by atoms with Crippen LogP contribution in [0.2, 0.25) is 0 Å². The fourth-order valence-electron chi connectivity index (χ4n) is 1.84. The Labute approximate surface area is 138 Å². The van der Waals surface area contributed by atoms with Gasteiger partial charge in [-0.05, 0) is 0 Å². The SMILES string of the molecule is COc1cc(NC(=O)NCC(=O)CCC(=O)O)cc(OC)c1OC. The van der Waals surface area contributed by atoms with E-state index in [2.05, 4.69) is 10.6 Å². The van der Waals surface area contributed by atoms with Crippen LogP contribution in [0.4, 0.5) is 10.5 Å². The summed E-state index contributed by atoms with van der Waals surface area (Å²) in [6.45, 7) is -0.260. The van der Waals surface area contributed by atoms with Gasteiger partial charge in [-0.15, -0.1) is 0 Å². The van der Waals surface area contributed by atoms with Crippen molar-refractivity contribution in [1.82, 2.24) is 5.32 Å². The molecule has 0 aliphatic rings. The van der Waals surface area contributed by atoms with Crippen molar-refractivity contribution in [2.45, 2.75) is 12.8 Å². The number of urea groups is 1. The molecule has 0 saturated heterocycles. The number of carboxylic acid groups (broad SMARTS) is 1. The van der Waals surface area contributed by atoms with Gasteiger partial charge in [0.2, 0.25) is 5.75 Å². The second kappa shape index (κ2) is 9.23. The average Bonchev–Trinajstić information content (AvgIpc) is 2.56. The van der Waals surface area contributed by atoms with Crippen molar-refractivity contribution < 1.29 is 33.7 Å². The number of ketones is 1. The van der Waals surface area contributed by atoms with Crippen molar-refractivity contribution in [3.05, 3.63) is 12.1 Å². The van der Waals surface area contributed by atoms with Crippen LogP contribution in [0.3, 0.4) is 0 Å². The Morgan fingerprint density at radius 1 is 1.00 bits per heavy atom. The first-order valence-electron chi connectivity index (χ1n) is 6.99. The Morgan fingerprint density at radius 2 is 1.58 bits per heavy atom. The minimum Gasteiger partial charge on any atom is -0.493 e. The van der Waals surface area contributed by atoms with Crippen LogP contribution >= 0.6 is 0 Å². The Hall–Kier alpha value is -2.97. The third-order valence-corrected chi connectivity index (χ3v) is 2.99. The largest absolute Gasteiger partial charge is 0.493 e. The van der Waals surface area contributed by atoms with Gasteiger partial charge in [0.15, 0.2) is 17.3 Å². The van der Waals surface area contributed by atoms with Gasteiger partial charge in [-0.25, -0.2) is 4.79 Å². The van der Waals surface area contributed by atoms with Crippen LogP contribution in [0.15, 0.2) is 12.1 Å². The molecule has 0 saturated carbocycles. The van der Waals surface area contributed by atoms with Crippen molar-refractivity contribution in [3.8, 4) is 17.2 Å². The maximum Gasteiger partial charge on any atom is 0.319 e. The monoisotopic (exact) mass is 340 g/mol. The highest BCUT2D eigenvalue weighted by molar-refractivity contribution is 5.93. The van der Waals surface area contributed by atoms with E-state index < -0.39 is 12.0 Å². The predicted octanol–water partition coefficient (Wildman–Crippen LogP) is 1.27. The highest BCUT2D eigenvalue weighted by Gasteiger charge is 2.15. The van der Waals surface area contributed by atoms with Gasteiger partial charge >= 0.3 is 12.0 Å². The Kier molecular flexibility index (Phi) is 7.34. The van der Waals surface area contributed by atoms with E-state index in [4.69, 9.17) is 19.3 Å². The highest BCUT2D eigenvalue weighted by atomic mass is 16.5. The van der Waals surface area contributed by atoms with Crippen LogP contribution in [-0.2, 0) is 9.59 Å². The molecule has 9 heteroatoms.